The van der Waals surface area contributed by atoms with Crippen LogP contribution in [0.4, 0.5) is 0 Å². The SMILES string of the molecule is Cc1ccc2cc(-c3noc(-c4ccco4)n3)c(=O)[nH]c2c1. The van der Waals surface area contributed by atoms with E-state index in [1.165, 1.54) is 6.26 Å². The van der Waals surface area contributed by atoms with E-state index >= 15 is 0 Å². The molecule has 6 heteroatoms. The molecule has 0 aliphatic carbocycles. The fourth-order valence-electron chi connectivity index (χ4n) is 2.31. The summed E-state index contributed by atoms with van der Waals surface area (Å²) in [4.78, 5) is 19.3. The molecule has 22 heavy (non-hydrogen) atoms. The summed E-state index contributed by atoms with van der Waals surface area (Å²) < 4.78 is 10.3. The van der Waals surface area contributed by atoms with Crippen LogP contribution in [0, 0.1) is 6.92 Å². The van der Waals surface area contributed by atoms with Crippen LogP contribution in [0.3, 0.4) is 0 Å². The zero-order chi connectivity index (χ0) is 15.1. The van der Waals surface area contributed by atoms with E-state index in [1.807, 2.05) is 25.1 Å². The number of furan rings is 1. The Bertz CT molecular complexity index is 1010. The second-order valence-corrected chi connectivity index (χ2v) is 5.00. The van der Waals surface area contributed by atoms with Gasteiger partial charge in [-0.3, -0.25) is 4.79 Å². The van der Waals surface area contributed by atoms with Crippen molar-refractivity contribution in [3.8, 4) is 23.0 Å². The minimum absolute atomic E-state index is 0.232. The van der Waals surface area contributed by atoms with Crippen LogP contribution in [0.1, 0.15) is 5.56 Å². The first-order valence-electron chi connectivity index (χ1n) is 6.72. The van der Waals surface area contributed by atoms with Crippen molar-refractivity contribution in [1.82, 2.24) is 15.1 Å². The van der Waals surface area contributed by atoms with Crippen molar-refractivity contribution in [2.45, 2.75) is 6.92 Å². The quantitative estimate of drug-likeness (QED) is 0.613. The standard InChI is InChI=1S/C16H11N3O3/c1-9-4-5-10-8-11(15(20)17-12(10)7-9)14-18-16(22-19-14)13-3-2-6-21-13/h2-8H,1H3,(H,17,20). The summed E-state index contributed by atoms with van der Waals surface area (Å²) in [6, 6.07) is 11.0. The monoisotopic (exact) mass is 293 g/mol. The van der Waals surface area contributed by atoms with Crippen molar-refractivity contribution in [3.63, 3.8) is 0 Å². The molecule has 6 nitrogen and oxygen atoms in total. The molecular weight excluding hydrogens is 282 g/mol. The molecule has 1 aromatic carbocycles. The molecule has 4 aromatic rings. The van der Waals surface area contributed by atoms with E-state index in [0.29, 0.717) is 11.3 Å². The van der Waals surface area contributed by atoms with Crippen LogP contribution in [0.25, 0.3) is 33.9 Å². The van der Waals surface area contributed by atoms with Gasteiger partial charge in [-0.2, -0.15) is 4.98 Å². The number of rotatable bonds is 2. The molecule has 1 N–H and O–H groups in total. The van der Waals surface area contributed by atoms with Gasteiger partial charge < -0.3 is 13.9 Å². The molecule has 3 heterocycles. The summed E-state index contributed by atoms with van der Waals surface area (Å²) in [5.41, 5.74) is 1.96. The fourth-order valence-corrected chi connectivity index (χ4v) is 2.31. The number of aromatic amines is 1. The highest BCUT2D eigenvalue weighted by Crippen LogP contribution is 2.22. The van der Waals surface area contributed by atoms with E-state index in [1.54, 1.807) is 18.2 Å². The summed E-state index contributed by atoms with van der Waals surface area (Å²) in [6.45, 7) is 1.97. The van der Waals surface area contributed by atoms with Crippen molar-refractivity contribution in [1.29, 1.82) is 0 Å². The number of aromatic nitrogens is 3. The Morgan fingerprint density at radius 1 is 1.18 bits per heavy atom. The summed E-state index contributed by atoms with van der Waals surface area (Å²) >= 11 is 0. The lowest BCUT2D eigenvalue weighted by molar-refractivity contribution is 0.417. The Balaban J connectivity index is 1.86. The Morgan fingerprint density at radius 3 is 2.91 bits per heavy atom. The second kappa shape index (κ2) is 4.70. The highest BCUT2D eigenvalue weighted by atomic mass is 16.5. The third-order valence-electron chi connectivity index (χ3n) is 3.40. The van der Waals surface area contributed by atoms with Gasteiger partial charge in [0, 0.05) is 5.52 Å². The maximum Gasteiger partial charge on any atom is 0.293 e. The molecule has 0 aliphatic heterocycles. The van der Waals surface area contributed by atoms with Gasteiger partial charge in [-0.1, -0.05) is 17.3 Å². The van der Waals surface area contributed by atoms with Gasteiger partial charge in [-0.25, -0.2) is 0 Å². The van der Waals surface area contributed by atoms with Crippen LogP contribution < -0.4 is 5.56 Å². The number of hydrogen-bond donors (Lipinski definition) is 1. The molecule has 0 saturated heterocycles. The molecule has 4 rings (SSSR count). The van der Waals surface area contributed by atoms with Crippen molar-refractivity contribution >= 4 is 10.9 Å². The van der Waals surface area contributed by atoms with Crippen molar-refractivity contribution < 1.29 is 8.94 Å². The normalized spacial score (nSPS) is 11.1. The highest BCUT2D eigenvalue weighted by Gasteiger charge is 2.15. The number of nitrogens with one attached hydrogen (secondary N) is 1. The fraction of sp³-hybridized carbons (Fsp3) is 0.0625. The van der Waals surface area contributed by atoms with Gasteiger partial charge in [0.1, 0.15) is 0 Å². The van der Waals surface area contributed by atoms with Crippen LogP contribution in [0.15, 0.2) is 56.4 Å². The van der Waals surface area contributed by atoms with Crippen LogP contribution >= 0.6 is 0 Å². The van der Waals surface area contributed by atoms with Crippen LogP contribution in [0.2, 0.25) is 0 Å². The minimum atomic E-state index is -0.259. The number of aryl methyl sites for hydroxylation is 1. The lowest BCUT2D eigenvalue weighted by atomic mass is 10.1. The molecule has 0 unspecified atom stereocenters. The average molecular weight is 293 g/mol. The highest BCUT2D eigenvalue weighted by molar-refractivity contribution is 5.82. The number of fused-ring (bicyclic) bond motifs is 1. The zero-order valence-corrected chi connectivity index (χ0v) is 11.7. The Kier molecular flexibility index (Phi) is 2.69. The predicted molar refractivity (Wildman–Crippen MR) is 80.3 cm³/mol. The van der Waals surface area contributed by atoms with E-state index in [0.717, 1.165) is 16.5 Å². The maximum absolute atomic E-state index is 12.2. The van der Waals surface area contributed by atoms with Gasteiger partial charge in [0.25, 0.3) is 11.4 Å². The third kappa shape index (κ3) is 2.01. The Hall–Kier alpha value is -3.15. The first-order valence-corrected chi connectivity index (χ1v) is 6.72. The molecular formula is C16H11N3O3. The second-order valence-electron chi connectivity index (χ2n) is 5.00. The summed E-state index contributed by atoms with van der Waals surface area (Å²) in [6.07, 6.45) is 1.52. The average Bonchev–Trinajstić information content (AvgIpc) is 3.17. The Labute approximate surface area is 124 Å². The summed E-state index contributed by atoms with van der Waals surface area (Å²) in [7, 11) is 0. The molecule has 0 amide bonds. The molecule has 108 valence electrons. The topological polar surface area (TPSA) is 84.9 Å². The van der Waals surface area contributed by atoms with Crippen molar-refractivity contribution in [2.75, 3.05) is 0 Å². The lowest BCUT2D eigenvalue weighted by Gasteiger charge is -2.01. The van der Waals surface area contributed by atoms with Gasteiger partial charge in [0.15, 0.2) is 5.76 Å². The number of benzene rings is 1. The molecule has 0 atom stereocenters. The molecule has 3 aromatic heterocycles. The summed E-state index contributed by atoms with van der Waals surface area (Å²) in [5, 5.41) is 4.77. The number of hydrogen-bond acceptors (Lipinski definition) is 5. The van der Waals surface area contributed by atoms with Gasteiger partial charge in [-0.15, -0.1) is 0 Å². The van der Waals surface area contributed by atoms with Crippen molar-refractivity contribution in [3.05, 3.63) is 58.6 Å². The van der Waals surface area contributed by atoms with E-state index in [2.05, 4.69) is 15.1 Å². The number of H-pyrrole nitrogens is 1. The molecule has 0 aliphatic rings. The third-order valence-corrected chi connectivity index (χ3v) is 3.40. The largest absolute Gasteiger partial charge is 0.459 e. The summed E-state index contributed by atoms with van der Waals surface area (Å²) in [5.74, 6) is 0.935. The van der Waals surface area contributed by atoms with E-state index in [4.69, 9.17) is 8.94 Å². The molecule has 0 bridgehead atoms. The van der Waals surface area contributed by atoms with Gasteiger partial charge in [0.05, 0.1) is 11.8 Å². The van der Waals surface area contributed by atoms with Crippen molar-refractivity contribution in [2.24, 2.45) is 0 Å². The molecule has 0 radical (unpaired) electrons. The molecule has 0 saturated carbocycles. The van der Waals surface area contributed by atoms with Crippen LogP contribution in [-0.2, 0) is 0 Å². The first kappa shape index (κ1) is 12.6. The van der Waals surface area contributed by atoms with E-state index < -0.39 is 0 Å². The van der Waals surface area contributed by atoms with Gasteiger partial charge in [-0.05, 0) is 42.1 Å². The van der Waals surface area contributed by atoms with E-state index in [9.17, 15) is 4.79 Å². The smallest absolute Gasteiger partial charge is 0.293 e. The first-order chi connectivity index (χ1) is 10.7. The zero-order valence-electron chi connectivity index (χ0n) is 11.7. The molecule has 0 spiro atoms. The minimum Gasteiger partial charge on any atom is -0.459 e. The maximum atomic E-state index is 12.2. The van der Waals surface area contributed by atoms with E-state index in [-0.39, 0.29) is 17.3 Å². The van der Waals surface area contributed by atoms with Gasteiger partial charge >= 0.3 is 0 Å². The number of pyridine rings is 1. The van der Waals surface area contributed by atoms with Crippen LogP contribution in [0.5, 0.6) is 0 Å². The van der Waals surface area contributed by atoms with Crippen LogP contribution in [-0.4, -0.2) is 15.1 Å². The molecule has 0 fully saturated rings. The van der Waals surface area contributed by atoms with Gasteiger partial charge in [0.2, 0.25) is 5.82 Å². The Morgan fingerprint density at radius 2 is 2.09 bits per heavy atom. The number of nitrogens with zero attached hydrogens (tertiary/aromatic N) is 2. The lowest BCUT2D eigenvalue weighted by Crippen LogP contribution is -2.09. The predicted octanol–water partition coefficient (Wildman–Crippen LogP) is 3.15.